The topological polar surface area (TPSA) is 72.9 Å². The van der Waals surface area contributed by atoms with Crippen LogP contribution in [0.1, 0.15) is 5.69 Å². The van der Waals surface area contributed by atoms with Crippen molar-refractivity contribution in [3.8, 4) is 0 Å². The molecule has 3 N–H and O–H groups in total. The lowest BCUT2D eigenvalue weighted by molar-refractivity contribution is 0.798. The van der Waals surface area contributed by atoms with Crippen molar-refractivity contribution in [2.24, 2.45) is 5.84 Å². The van der Waals surface area contributed by atoms with Gasteiger partial charge >= 0.3 is 0 Å². The lowest BCUT2D eigenvalue weighted by atomic mass is 10.2. The summed E-state index contributed by atoms with van der Waals surface area (Å²) >= 11 is 0. The number of hydrogen-bond donors (Lipinski definition) is 2. The second-order valence-corrected chi connectivity index (χ2v) is 4.51. The fraction of sp³-hybridized carbons (Fsp3) is 0.0667. The molecule has 0 aliphatic rings. The fourth-order valence-corrected chi connectivity index (χ4v) is 2.23. The van der Waals surface area contributed by atoms with Gasteiger partial charge in [-0.05, 0) is 24.3 Å². The van der Waals surface area contributed by atoms with E-state index in [1.54, 1.807) is 24.5 Å². The summed E-state index contributed by atoms with van der Waals surface area (Å²) in [4.78, 5) is 16.1. The first-order valence-electron chi connectivity index (χ1n) is 6.27. The summed E-state index contributed by atoms with van der Waals surface area (Å²) in [6.07, 6.45) is 3.49. The molecule has 0 fully saturated rings. The van der Waals surface area contributed by atoms with E-state index in [1.807, 2.05) is 34.9 Å². The Morgan fingerprint density at radius 2 is 2.05 bits per heavy atom. The van der Waals surface area contributed by atoms with Crippen molar-refractivity contribution in [3.05, 3.63) is 70.8 Å². The van der Waals surface area contributed by atoms with Gasteiger partial charge in [0.05, 0.1) is 23.4 Å². The lowest BCUT2D eigenvalue weighted by Gasteiger charge is -2.10. The highest BCUT2D eigenvalue weighted by atomic mass is 16.1. The highest BCUT2D eigenvalue weighted by Crippen LogP contribution is 2.13. The van der Waals surface area contributed by atoms with Gasteiger partial charge in [-0.3, -0.25) is 15.6 Å². The van der Waals surface area contributed by atoms with Gasteiger partial charge in [-0.2, -0.15) is 0 Å². The number of para-hydroxylation sites is 1. The highest BCUT2D eigenvalue weighted by Gasteiger charge is 2.03. The van der Waals surface area contributed by atoms with Gasteiger partial charge in [-0.25, -0.2) is 0 Å². The second kappa shape index (κ2) is 5.14. The van der Waals surface area contributed by atoms with Crippen molar-refractivity contribution in [2.45, 2.75) is 6.54 Å². The molecule has 0 bridgehead atoms. The Morgan fingerprint density at radius 3 is 2.90 bits per heavy atom. The van der Waals surface area contributed by atoms with Gasteiger partial charge in [0.15, 0.2) is 5.43 Å². The van der Waals surface area contributed by atoms with E-state index in [0.717, 1.165) is 16.9 Å². The fourth-order valence-electron chi connectivity index (χ4n) is 2.23. The normalized spacial score (nSPS) is 10.7. The molecular formula is C15H14N4O. The molecule has 20 heavy (non-hydrogen) atoms. The van der Waals surface area contributed by atoms with Crippen molar-refractivity contribution in [1.29, 1.82) is 0 Å². The molecule has 3 rings (SSSR count). The third-order valence-corrected chi connectivity index (χ3v) is 3.20. The summed E-state index contributed by atoms with van der Waals surface area (Å²) < 4.78 is 2.00. The number of nitrogen functional groups attached to an aromatic ring is 1. The summed E-state index contributed by atoms with van der Waals surface area (Å²) in [7, 11) is 0. The van der Waals surface area contributed by atoms with E-state index in [2.05, 4.69) is 10.4 Å². The van der Waals surface area contributed by atoms with E-state index < -0.39 is 0 Å². The molecule has 2 aromatic heterocycles. The van der Waals surface area contributed by atoms with Crippen LogP contribution in [0.3, 0.4) is 0 Å². The smallest absolute Gasteiger partial charge is 0.189 e. The van der Waals surface area contributed by atoms with Crippen LogP contribution in [-0.2, 0) is 6.54 Å². The minimum Gasteiger partial charge on any atom is -0.341 e. The van der Waals surface area contributed by atoms with Crippen LogP contribution in [0.25, 0.3) is 10.9 Å². The van der Waals surface area contributed by atoms with Gasteiger partial charge in [0, 0.05) is 23.8 Å². The molecule has 3 aromatic rings. The summed E-state index contributed by atoms with van der Waals surface area (Å²) in [6, 6.07) is 12.8. The molecule has 5 nitrogen and oxygen atoms in total. The average molecular weight is 266 g/mol. The zero-order chi connectivity index (χ0) is 13.9. The molecule has 0 atom stereocenters. The van der Waals surface area contributed by atoms with Gasteiger partial charge < -0.3 is 9.99 Å². The second-order valence-electron chi connectivity index (χ2n) is 4.51. The molecule has 0 unspecified atom stereocenters. The van der Waals surface area contributed by atoms with Crippen LogP contribution in [0.2, 0.25) is 0 Å². The molecule has 0 spiro atoms. The van der Waals surface area contributed by atoms with Gasteiger partial charge in [0.25, 0.3) is 0 Å². The summed E-state index contributed by atoms with van der Waals surface area (Å²) in [5.74, 6) is 5.40. The Balaban J connectivity index is 2.07. The summed E-state index contributed by atoms with van der Waals surface area (Å²) in [5.41, 5.74) is 5.20. The lowest BCUT2D eigenvalue weighted by Crippen LogP contribution is -2.11. The third kappa shape index (κ3) is 2.26. The Labute approximate surface area is 115 Å². The molecule has 2 heterocycles. The predicted molar refractivity (Wildman–Crippen MR) is 79.4 cm³/mol. The number of hydrogen-bond acceptors (Lipinski definition) is 4. The highest BCUT2D eigenvalue weighted by molar-refractivity contribution is 5.78. The van der Waals surface area contributed by atoms with Crippen LogP contribution in [0, 0.1) is 0 Å². The summed E-state index contributed by atoms with van der Waals surface area (Å²) in [5, 5.41) is 0.711. The van der Waals surface area contributed by atoms with Crippen LogP contribution in [0.15, 0.2) is 59.7 Å². The van der Waals surface area contributed by atoms with E-state index in [0.29, 0.717) is 11.9 Å². The number of fused-ring (bicyclic) bond motifs is 1. The molecule has 100 valence electrons. The van der Waals surface area contributed by atoms with Crippen LogP contribution < -0.4 is 16.7 Å². The SMILES string of the molecule is NNc1ccnc(Cn2ccc(=O)c3ccccc32)c1. The van der Waals surface area contributed by atoms with Crippen LogP contribution in [0.5, 0.6) is 0 Å². The van der Waals surface area contributed by atoms with Crippen LogP contribution in [0.4, 0.5) is 5.69 Å². The molecule has 0 saturated heterocycles. The molecule has 5 heteroatoms. The zero-order valence-electron chi connectivity index (χ0n) is 10.8. The van der Waals surface area contributed by atoms with E-state index in [4.69, 9.17) is 5.84 Å². The van der Waals surface area contributed by atoms with Crippen molar-refractivity contribution in [3.63, 3.8) is 0 Å². The van der Waals surface area contributed by atoms with Crippen molar-refractivity contribution in [2.75, 3.05) is 5.43 Å². The third-order valence-electron chi connectivity index (χ3n) is 3.20. The number of benzene rings is 1. The maximum Gasteiger partial charge on any atom is 0.189 e. The van der Waals surface area contributed by atoms with Gasteiger partial charge in [0.1, 0.15) is 0 Å². The standard InChI is InChI=1S/C15H14N4O/c16-18-11-5-7-17-12(9-11)10-19-8-6-15(20)13-3-1-2-4-14(13)19/h1-9H,10,16H2,(H,17,18). The maximum atomic E-state index is 11.8. The molecular weight excluding hydrogens is 252 g/mol. The number of aromatic nitrogens is 2. The quantitative estimate of drug-likeness (QED) is 0.559. The monoisotopic (exact) mass is 266 g/mol. The Morgan fingerprint density at radius 1 is 1.20 bits per heavy atom. The number of nitrogens with one attached hydrogen (secondary N) is 1. The Bertz CT molecular complexity index is 810. The minimum atomic E-state index is 0.0298. The van der Waals surface area contributed by atoms with Gasteiger partial charge in [-0.15, -0.1) is 0 Å². The number of anilines is 1. The van der Waals surface area contributed by atoms with E-state index >= 15 is 0 Å². The van der Waals surface area contributed by atoms with Gasteiger partial charge in [0.2, 0.25) is 0 Å². The summed E-state index contributed by atoms with van der Waals surface area (Å²) in [6.45, 7) is 0.580. The average Bonchev–Trinajstić information content (AvgIpc) is 2.51. The number of hydrazine groups is 1. The molecule has 0 saturated carbocycles. The largest absolute Gasteiger partial charge is 0.341 e. The number of pyridine rings is 2. The minimum absolute atomic E-state index is 0.0298. The first-order valence-corrected chi connectivity index (χ1v) is 6.27. The van der Waals surface area contributed by atoms with Gasteiger partial charge in [-0.1, -0.05) is 12.1 Å². The van der Waals surface area contributed by atoms with E-state index in [9.17, 15) is 4.79 Å². The molecule has 0 amide bonds. The van der Waals surface area contributed by atoms with E-state index in [1.165, 1.54) is 0 Å². The van der Waals surface area contributed by atoms with Crippen molar-refractivity contribution >= 4 is 16.6 Å². The van der Waals surface area contributed by atoms with E-state index in [-0.39, 0.29) is 5.43 Å². The molecule has 1 aromatic carbocycles. The Hall–Kier alpha value is -2.66. The zero-order valence-corrected chi connectivity index (χ0v) is 10.8. The number of rotatable bonds is 3. The molecule has 0 aliphatic carbocycles. The van der Waals surface area contributed by atoms with Crippen molar-refractivity contribution in [1.82, 2.24) is 9.55 Å². The Kier molecular flexibility index (Phi) is 3.18. The first kappa shape index (κ1) is 12.4. The first-order chi connectivity index (χ1) is 9.78. The van der Waals surface area contributed by atoms with Crippen LogP contribution >= 0.6 is 0 Å². The number of nitrogens with zero attached hydrogens (tertiary/aromatic N) is 2. The molecule has 0 radical (unpaired) electrons. The number of nitrogens with two attached hydrogens (primary N) is 1. The van der Waals surface area contributed by atoms with Crippen molar-refractivity contribution < 1.29 is 0 Å². The van der Waals surface area contributed by atoms with Crippen LogP contribution in [-0.4, -0.2) is 9.55 Å². The maximum absolute atomic E-state index is 11.8. The predicted octanol–water partition coefficient (Wildman–Crippen LogP) is 1.73. The molecule has 0 aliphatic heterocycles.